The van der Waals surface area contributed by atoms with Crippen molar-refractivity contribution in [2.24, 2.45) is 0 Å². The van der Waals surface area contributed by atoms with Crippen molar-refractivity contribution in [3.8, 4) is 0 Å². The van der Waals surface area contributed by atoms with Crippen molar-refractivity contribution >= 4 is 39.3 Å². The van der Waals surface area contributed by atoms with Crippen LogP contribution in [-0.4, -0.2) is 54.0 Å². The molecule has 2 aromatic rings. The van der Waals surface area contributed by atoms with Gasteiger partial charge in [0.2, 0.25) is 11.8 Å². The molecule has 10 heteroatoms. The molecule has 8 nitrogen and oxygen atoms in total. The third kappa shape index (κ3) is 5.21. The number of halogens is 1. The Morgan fingerprint density at radius 1 is 1.11 bits per heavy atom. The van der Waals surface area contributed by atoms with Crippen molar-refractivity contribution in [1.29, 1.82) is 0 Å². The number of amides is 3. The van der Waals surface area contributed by atoms with Gasteiger partial charge in [0.05, 0.1) is 5.56 Å². The van der Waals surface area contributed by atoms with Gasteiger partial charge in [-0.15, -0.1) is 0 Å². The maximum Gasteiger partial charge on any atom is 0.269 e. The van der Waals surface area contributed by atoms with Gasteiger partial charge >= 0.3 is 0 Å². The molecule has 0 saturated heterocycles. The molecular formula is C25H28ClN3O5S. The van der Waals surface area contributed by atoms with E-state index < -0.39 is 34.4 Å². The summed E-state index contributed by atoms with van der Waals surface area (Å²) in [5, 5.41) is 3.57. The molecule has 3 amide bonds. The van der Waals surface area contributed by atoms with E-state index in [9.17, 15) is 22.8 Å². The Balaban J connectivity index is 1.60. The topological polar surface area (TPSA) is 104 Å². The molecule has 35 heavy (non-hydrogen) atoms. The highest BCUT2D eigenvalue weighted by Gasteiger charge is 2.43. The van der Waals surface area contributed by atoms with Crippen molar-refractivity contribution in [2.45, 2.75) is 62.6 Å². The zero-order valence-corrected chi connectivity index (χ0v) is 21.0. The summed E-state index contributed by atoms with van der Waals surface area (Å²) in [5.41, 5.74) is 0.768. The smallest absolute Gasteiger partial charge is 0.269 e. The number of fused-ring (bicyclic) bond motifs is 1. The summed E-state index contributed by atoms with van der Waals surface area (Å²) < 4.78 is 26.6. The van der Waals surface area contributed by atoms with Crippen molar-refractivity contribution < 1.29 is 22.8 Å². The van der Waals surface area contributed by atoms with Gasteiger partial charge in [-0.3, -0.25) is 14.4 Å². The molecule has 1 atom stereocenters. The predicted octanol–water partition coefficient (Wildman–Crippen LogP) is 3.35. The highest BCUT2D eigenvalue weighted by Crippen LogP contribution is 2.30. The minimum atomic E-state index is -4.16. The van der Waals surface area contributed by atoms with Gasteiger partial charge in [0.15, 0.2) is 0 Å². The summed E-state index contributed by atoms with van der Waals surface area (Å²) in [5.74, 6) is -1.65. The van der Waals surface area contributed by atoms with Crippen molar-refractivity contribution in [3.05, 3.63) is 64.7 Å². The van der Waals surface area contributed by atoms with Crippen LogP contribution in [0.4, 0.5) is 0 Å². The highest BCUT2D eigenvalue weighted by atomic mass is 35.5. The van der Waals surface area contributed by atoms with Gasteiger partial charge in [-0.1, -0.05) is 55.6 Å². The molecule has 186 valence electrons. The molecule has 2 aromatic carbocycles. The lowest BCUT2D eigenvalue weighted by Crippen LogP contribution is -2.53. The Kier molecular flexibility index (Phi) is 7.47. The summed E-state index contributed by atoms with van der Waals surface area (Å²) in [4.78, 5) is 40.9. The molecule has 0 unspecified atom stereocenters. The van der Waals surface area contributed by atoms with E-state index in [1.54, 1.807) is 37.3 Å². The number of hydrogen-bond acceptors (Lipinski definition) is 5. The molecule has 1 heterocycles. The first-order valence-corrected chi connectivity index (χ1v) is 13.5. The van der Waals surface area contributed by atoms with E-state index in [1.165, 1.54) is 23.1 Å². The Bertz CT molecular complexity index is 1230. The summed E-state index contributed by atoms with van der Waals surface area (Å²) in [6.07, 6.45) is 4.21. The summed E-state index contributed by atoms with van der Waals surface area (Å²) in [6.45, 7) is 1.19. The van der Waals surface area contributed by atoms with E-state index in [0.29, 0.717) is 15.7 Å². The number of nitrogens with one attached hydrogen (secondary N) is 1. The Labute approximate surface area is 210 Å². The van der Waals surface area contributed by atoms with E-state index in [0.717, 1.165) is 31.2 Å². The fourth-order valence-corrected chi connectivity index (χ4v) is 6.32. The maximum absolute atomic E-state index is 13.6. The van der Waals surface area contributed by atoms with Gasteiger partial charge < -0.3 is 10.2 Å². The molecule has 1 saturated carbocycles. The monoisotopic (exact) mass is 517 g/mol. The number of benzene rings is 2. The van der Waals surface area contributed by atoms with Crippen LogP contribution in [0.3, 0.4) is 0 Å². The van der Waals surface area contributed by atoms with E-state index in [1.807, 2.05) is 0 Å². The second kappa shape index (κ2) is 10.4. The predicted molar refractivity (Wildman–Crippen MR) is 131 cm³/mol. The van der Waals surface area contributed by atoms with Gasteiger partial charge in [-0.25, -0.2) is 12.7 Å². The molecule has 0 radical (unpaired) electrons. The number of rotatable bonds is 8. The standard InChI is InChI=1S/C25H28ClN3O5S/c1-2-21(24(31)27-19-7-3-4-8-19)28(15-17-11-13-18(26)14-12-17)23(30)16-29-25(32)20-9-5-6-10-22(20)35(29,33)34/h5-6,9-14,19,21H,2-4,7-8,15-16H2,1H3,(H,27,31)/t21-/m1/s1. The maximum atomic E-state index is 13.6. The number of nitrogens with zero attached hydrogens (tertiary/aromatic N) is 2. The van der Waals surface area contributed by atoms with Crippen molar-refractivity contribution in [1.82, 2.24) is 14.5 Å². The molecular weight excluding hydrogens is 490 g/mol. The van der Waals surface area contributed by atoms with Crippen molar-refractivity contribution in [2.75, 3.05) is 6.54 Å². The largest absolute Gasteiger partial charge is 0.352 e. The molecule has 2 aliphatic rings. The molecule has 4 rings (SSSR count). The number of sulfonamides is 1. The van der Waals surface area contributed by atoms with Crippen molar-refractivity contribution in [3.63, 3.8) is 0 Å². The van der Waals surface area contributed by atoms with Gasteiger partial charge in [0.25, 0.3) is 15.9 Å². The zero-order valence-electron chi connectivity index (χ0n) is 19.4. The van der Waals surface area contributed by atoms with Gasteiger partial charge in [-0.2, -0.15) is 0 Å². The lowest BCUT2D eigenvalue weighted by molar-refractivity contribution is -0.141. The number of hydrogen-bond donors (Lipinski definition) is 1. The second-order valence-electron chi connectivity index (χ2n) is 8.88. The molecule has 0 aromatic heterocycles. The van der Waals surface area contributed by atoms with E-state index >= 15 is 0 Å². The third-order valence-corrected chi connectivity index (χ3v) is 8.58. The van der Waals surface area contributed by atoms with Gasteiger partial charge in [0.1, 0.15) is 17.5 Å². The van der Waals surface area contributed by atoms with Crippen LogP contribution in [-0.2, 0) is 26.2 Å². The Morgan fingerprint density at radius 2 is 1.77 bits per heavy atom. The van der Waals surface area contributed by atoms with Crippen LogP contribution in [0.15, 0.2) is 53.4 Å². The molecule has 0 spiro atoms. The van der Waals surface area contributed by atoms with Crippen LogP contribution in [0, 0.1) is 0 Å². The van der Waals surface area contributed by atoms with Crippen LogP contribution in [0.2, 0.25) is 5.02 Å². The van der Waals surface area contributed by atoms with Gasteiger partial charge in [-0.05, 0) is 49.1 Å². The summed E-state index contributed by atoms with van der Waals surface area (Å²) in [6, 6.07) is 12.0. The SMILES string of the molecule is CC[C@H](C(=O)NC1CCCC1)N(Cc1ccc(Cl)cc1)C(=O)CN1C(=O)c2ccccc2S1(=O)=O. The molecule has 1 N–H and O–H groups in total. The number of carbonyl (C=O) groups excluding carboxylic acids is 3. The third-order valence-electron chi connectivity index (χ3n) is 6.54. The van der Waals surface area contributed by atoms with Crippen LogP contribution >= 0.6 is 11.6 Å². The average Bonchev–Trinajstić information content (AvgIpc) is 3.41. The quantitative estimate of drug-likeness (QED) is 0.578. The Morgan fingerprint density at radius 3 is 2.40 bits per heavy atom. The fourth-order valence-electron chi connectivity index (χ4n) is 4.67. The average molecular weight is 518 g/mol. The van der Waals surface area contributed by atoms with Crippen LogP contribution in [0.1, 0.15) is 54.9 Å². The van der Waals surface area contributed by atoms with E-state index in [2.05, 4.69) is 5.32 Å². The first kappa shape index (κ1) is 25.2. The van der Waals surface area contributed by atoms with Gasteiger partial charge in [0, 0.05) is 17.6 Å². The lowest BCUT2D eigenvalue weighted by atomic mass is 10.1. The number of carbonyl (C=O) groups is 3. The first-order chi connectivity index (χ1) is 16.7. The minimum Gasteiger partial charge on any atom is -0.352 e. The normalized spacial score (nSPS) is 17.8. The molecule has 1 aliphatic heterocycles. The van der Waals surface area contributed by atoms with E-state index in [-0.39, 0.29) is 29.0 Å². The van der Waals surface area contributed by atoms with Crippen LogP contribution in [0.25, 0.3) is 0 Å². The Hall–Kier alpha value is -2.91. The second-order valence-corrected chi connectivity index (χ2v) is 11.1. The van der Waals surface area contributed by atoms with Crippen LogP contribution in [0.5, 0.6) is 0 Å². The molecule has 0 bridgehead atoms. The molecule has 1 fully saturated rings. The lowest BCUT2D eigenvalue weighted by Gasteiger charge is -2.32. The first-order valence-electron chi connectivity index (χ1n) is 11.7. The minimum absolute atomic E-state index is 0.0376. The fraction of sp³-hybridized carbons (Fsp3) is 0.400. The highest BCUT2D eigenvalue weighted by molar-refractivity contribution is 7.90. The summed E-state index contributed by atoms with van der Waals surface area (Å²) in [7, 11) is -4.16. The molecule has 1 aliphatic carbocycles. The van der Waals surface area contributed by atoms with E-state index in [4.69, 9.17) is 11.6 Å². The zero-order chi connectivity index (χ0) is 25.2. The van der Waals surface area contributed by atoms with Crippen LogP contribution < -0.4 is 5.32 Å². The summed E-state index contributed by atoms with van der Waals surface area (Å²) >= 11 is 6.00.